The Morgan fingerprint density at radius 3 is 2.45 bits per heavy atom. The van der Waals surface area contributed by atoms with Crippen LogP contribution in [0.25, 0.3) is 22.2 Å². The lowest BCUT2D eigenvalue weighted by atomic mass is 10.1. The Morgan fingerprint density at radius 2 is 1.74 bits per heavy atom. The van der Waals surface area contributed by atoms with Gasteiger partial charge in [0.1, 0.15) is 16.8 Å². The first-order chi connectivity index (χ1) is 14.8. The quantitative estimate of drug-likeness (QED) is 0.439. The summed E-state index contributed by atoms with van der Waals surface area (Å²) in [4.78, 5) is 8.59. The number of hydrogen-bond acceptors (Lipinski definition) is 2. The normalized spacial score (nSPS) is 19.5. The van der Waals surface area contributed by atoms with Crippen molar-refractivity contribution in [1.29, 1.82) is 0 Å². The second-order valence-corrected chi connectivity index (χ2v) is 8.75. The van der Waals surface area contributed by atoms with Gasteiger partial charge in [0.2, 0.25) is 0 Å². The molecule has 5 rings (SSSR count). The van der Waals surface area contributed by atoms with Gasteiger partial charge in [-0.25, -0.2) is 14.3 Å². The lowest BCUT2D eigenvalue weighted by Crippen LogP contribution is -2.04. The maximum absolute atomic E-state index is 12.8. The fraction of sp³-hybridized carbons (Fsp3) is 0.174. The maximum Gasteiger partial charge on any atom is 0.416 e. The summed E-state index contributed by atoms with van der Waals surface area (Å²) in [6.45, 7) is 0. The molecule has 4 aromatic rings. The van der Waals surface area contributed by atoms with Crippen molar-refractivity contribution in [2.75, 3.05) is 0 Å². The van der Waals surface area contributed by atoms with Gasteiger partial charge in [0.05, 0.1) is 21.5 Å². The van der Waals surface area contributed by atoms with E-state index in [0.29, 0.717) is 4.90 Å². The fourth-order valence-electron chi connectivity index (χ4n) is 4.04. The Kier molecular flexibility index (Phi) is 4.71. The molecule has 1 aliphatic rings. The molecule has 0 aliphatic heterocycles. The van der Waals surface area contributed by atoms with Crippen LogP contribution in [0.1, 0.15) is 35.2 Å². The number of alkyl halides is 3. The molecule has 1 fully saturated rings. The highest BCUT2D eigenvalue weighted by molar-refractivity contribution is 7.82. The summed E-state index contributed by atoms with van der Waals surface area (Å²) in [6.07, 6.45) is -3.49. The molecule has 3 atom stereocenters. The number of rotatable bonds is 4. The highest BCUT2D eigenvalue weighted by Crippen LogP contribution is 2.54. The molecule has 1 heterocycles. The molecule has 4 nitrogen and oxygen atoms in total. The van der Waals surface area contributed by atoms with E-state index in [-0.39, 0.29) is 11.8 Å². The van der Waals surface area contributed by atoms with Crippen molar-refractivity contribution in [2.45, 2.75) is 29.3 Å². The molecule has 0 saturated heterocycles. The zero-order chi connectivity index (χ0) is 21.8. The summed E-state index contributed by atoms with van der Waals surface area (Å²) < 4.78 is 50.2. The van der Waals surface area contributed by atoms with Gasteiger partial charge in [-0.2, -0.15) is 13.2 Å². The van der Waals surface area contributed by atoms with Crippen molar-refractivity contribution in [3.8, 4) is 11.1 Å². The Balaban J connectivity index is 1.41. The van der Waals surface area contributed by atoms with Crippen LogP contribution in [0.2, 0.25) is 0 Å². The second kappa shape index (κ2) is 7.32. The predicted molar refractivity (Wildman–Crippen MR) is 114 cm³/mol. The van der Waals surface area contributed by atoms with Crippen LogP contribution in [0.3, 0.4) is 0 Å². The van der Waals surface area contributed by atoms with Crippen LogP contribution in [-0.4, -0.2) is 14.2 Å². The molecule has 1 aliphatic carbocycles. The van der Waals surface area contributed by atoms with Gasteiger partial charge in [-0.3, -0.25) is 0 Å². The minimum absolute atomic E-state index is 0.149. The molecule has 0 radical (unpaired) electrons. The third-order valence-electron chi connectivity index (χ3n) is 5.72. The molecule has 3 aromatic carbocycles. The van der Waals surface area contributed by atoms with E-state index in [1.54, 1.807) is 24.3 Å². The van der Waals surface area contributed by atoms with Crippen molar-refractivity contribution in [3.63, 3.8) is 0 Å². The number of aromatic amines is 1. The summed E-state index contributed by atoms with van der Waals surface area (Å²) in [7, 11) is -1.60. The summed E-state index contributed by atoms with van der Waals surface area (Å²) in [6, 6.07) is 18.4. The molecule has 0 amide bonds. The van der Waals surface area contributed by atoms with Crippen molar-refractivity contribution in [1.82, 2.24) is 9.97 Å². The van der Waals surface area contributed by atoms with E-state index in [1.807, 2.05) is 30.3 Å². The molecule has 1 unspecified atom stereocenters. The Labute approximate surface area is 178 Å². The number of hydrogen-bond donors (Lipinski definition) is 2. The number of nitrogens with one attached hydrogen (secondary N) is 1. The number of fused-ring (bicyclic) bond motifs is 1. The third kappa shape index (κ3) is 3.77. The number of nitrogens with zero attached hydrogens (tertiary/aromatic N) is 1. The molecule has 158 valence electrons. The monoisotopic (exact) mass is 441 g/mol. The van der Waals surface area contributed by atoms with E-state index < -0.39 is 22.7 Å². The summed E-state index contributed by atoms with van der Waals surface area (Å²) in [5.41, 5.74) is 3.59. The summed E-state index contributed by atoms with van der Waals surface area (Å²) in [5, 5.41) is 5.61. The molecule has 1 saturated carbocycles. The van der Waals surface area contributed by atoms with Crippen molar-refractivity contribution in [3.05, 3.63) is 83.7 Å². The van der Waals surface area contributed by atoms with Crippen LogP contribution in [0, 0.1) is 0 Å². The number of aromatic nitrogens is 2. The number of imidazole rings is 1. The smallest absolute Gasteiger partial charge is 0.342 e. The molecule has 0 bridgehead atoms. The average Bonchev–Trinajstić information content (AvgIpc) is 3.44. The van der Waals surface area contributed by atoms with Gasteiger partial charge in [-0.1, -0.05) is 36.4 Å². The fourth-order valence-corrected chi connectivity index (χ4v) is 4.65. The predicted octanol–water partition coefficient (Wildman–Crippen LogP) is 5.50. The minimum atomic E-state index is -4.33. The first-order valence-electron chi connectivity index (χ1n) is 9.73. The van der Waals surface area contributed by atoms with Crippen LogP contribution >= 0.6 is 0 Å². The van der Waals surface area contributed by atoms with Crippen LogP contribution in [0.15, 0.2) is 71.6 Å². The van der Waals surface area contributed by atoms with Crippen LogP contribution in [-0.2, 0) is 17.2 Å². The standard InChI is InChI=1S/C23H18F3N3OS/c24-23(25,26)15-8-5-13(6-9-15)17-12-18(17)22-28-19-10-7-14(11-20(19)29-22)16-3-1-2-4-21(16)31(27)30/h1-11,17-18H,12,27H2,(H,28,29)/t17-,18+,31?/m1/s1. The number of halogens is 3. The minimum Gasteiger partial charge on any atom is -0.342 e. The third-order valence-corrected chi connectivity index (χ3v) is 6.51. The van der Waals surface area contributed by atoms with E-state index >= 15 is 0 Å². The topological polar surface area (TPSA) is 71.8 Å². The molecule has 31 heavy (non-hydrogen) atoms. The maximum atomic E-state index is 12.8. The molecular weight excluding hydrogens is 423 g/mol. The summed E-state index contributed by atoms with van der Waals surface area (Å²) >= 11 is 0. The first kappa shape index (κ1) is 20.0. The second-order valence-electron chi connectivity index (χ2n) is 7.72. The van der Waals surface area contributed by atoms with E-state index in [1.165, 1.54) is 0 Å². The molecular formula is C23H18F3N3OS. The van der Waals surface area contributed by atoms with E-state index in [4.69, 9.17) is 5.14 Å². The Bertz CT molecular complexity index is 1300. The van der Waals surface area contributed by atoms with Crippen molar-refractivity contribution in [2.24, 2.45) is 5.14 Å². The number of benzene rings is 3. The van der Waals surface area contributed by atoms with E-state index in [9.17, 15) is 17.4 Å². The number of H-pyrrole nitrogens is 1. The van der Waals surface area contributed by atoms with Gasteiger partial charge in [-0.15, -0.1) is 0 Å². The van der Waals surface area contributed by atoms with Gasteiger partial charge in [0.15, 0.2) is 0 Å². The zero-order valence-electron chi connectivity index (χ0n) is 16.2. The van der Waals surface area contributed by atoms with E-state index in [0.717, 1.165) is 52.1 Å². The van der Waals surface area contributed by atoms with Crippen LogP contribution < -0.4 is 5.14 Å². The zero-order valence-corrected chi connectivity index (χ0v) is 17.0. The SMILES string of the molecule is NS(=O)c1ccccc1-c1ccc2nc([C@H]3C[C@@H]3c3ccc(C(F)(F)F)cc3)[nH]c2c1. The van der Waals surface area contributed by atoms with Gasteiger partial charge in [0.25, 0.3) is 0 Å². The lowest BCUT2D eigenvalue weighted by Gasteiger charge is -2.07. The van der Waals surface area contributed by atoms with Gasteiger partial charge >= 0.3 is 6.18 Å². The molecule has 0 spiro atoms. The largest absolute Gasteiger partial charge is 0.416 e. The van der Waals surface area contributed by atoms with Crippen molar-refractivity contribution < 1.29 is 17.4 Å². The average molecular weight is 441 g/mol. The highest BCUT2D eigenvalue weighted by Gasteiger charge is 2.42. The lowest BCUT2D eigenvalue weighted by molar-refractivity contribution is -0.137. The highest BCUT2D eigenvalue weighted by atomic mass is 32.2. The molecule has 8 heteroatoms. The van der Waals surface area contributed by atoms with Crippen LogP contribution in [0.4, 0.5) is 13.2 Å². The summed E-state index contributed by atoms with van der Waals surface area (Å²) in [5.74, 6) is 1.13. The van der Waals surface area contributed by atoms with E-state index in [2.05, 4.69) is 9.97 Å². The van der Waals surface area contributed by atoms with Gasteiger partial charge < -0.3 is 4.98 Å². The first-order valence-corrected chi connectivity index (χ1v) is 10.9. The van der Waals surface area contributed by atoms with Crippen molar-refractivity contribution >= 4 is 22.0 Å². The Morgan fingerprint density at radius 1 is 1.00 bits per heavy atom. The van der Waals surface area contributed by atoms with Gasteiger partial charge in [0, 0.05) is 5.92 Å². The van der Waals surface area contributed by atoms with Crippen LogP contribution in [0.5, 0.6) is 0 Å². The van der Waals surface area contributed by atoms with Gasteiger partial charge in [-0.05, 0) is 59.4 Å². The molecule has 1 aromatic heterocycles. The number of nitrogens with two attached hydrogens (primary N) is 1. The Hall–Kier alpha value is -2.97. The molecule has 3 N–H and O–H groups in total.